The topological polar surface area (TPSA) is 46.5 Å². The minimum absolute atomic E-state index is 0.288. The van der Waals surface area contributed by atoms with Crippen LogP contribution in [0.5, 0.6) is 5.75 Å². The van der Waals surface area contributed by atoms with Crippen LogP contribution in [0.15, 0.2) is 30.3 Å². The third-order valence-electron chi connectivity index (χ3n) is 4.89. The molecule has 0 amide bonds. The largest absolute Gasteiger partial charge is 0.508 e. The van der Waals surface area contributed by atoms with Crippen molar-refractivity contribution in [3.63, 3.8) is 0 Å². The van der Waals surface area contributed by atoms with Crippen LogP contribution in [-0.2, 0) is 21.7 Å². The molecule has 1 atom stereocenters. The lowest BCUT2D eigenvalue weighted by Crippen LogP contribution is -2.01. The van der Waals surface area contributed by atoms with E-state index in [9.17, 15) is 9.67 Å². The Kier molecular flexibility index (Phi) is 7.31. The van der Waals surface area contributed by atoms with Gasteiger partial charge < -0.3 is 9.63 Å². The van der Waals surface area contributed by atoms with Crippen LogP contribution >= 0.6 is 7.37 Å². The second kappa shape index (κ2) is 9.08. The number of hydrogen-bond donors (Lipinski definition) is 1. The zero-order valence-electron chi connectivity index (χ0n) is 17.5. The van der Waals surface area contributed by atoms with Crippen LogP contribution in [0.4, 0.5) is 0 Å². The van der Waals surface area contributed by atoms with Crippen molar-refractivity contribution in [3.05, 3.63) is 63.7 Å². The molecule has 1 N–H and O–H groups in total. The van der Waals surface area contributed by atoms with Crippen molar-refractivity contribution in [2.75, 3.05) is 13.3 Å². The molecule has 2 aromatic rings. The number of phenolic OH excluding ortho intramolecular Hbond substituents is 1. The van der Waals surface area contributed by atoms with Gasteiger partial charge in [-0.05, 0) is 72.1 Å². The van der Waals surface area contributed by atoms with Crippen LogP contribution in [0.3, 0.4) is 0 Å². The van der Waals surface area contributed by atoms with Crippen LogP contribution in [0.2, 0.25) is 0 Å². The van der Waals surface area contributed by atoms with Crippen molar-refractivity contribution in [2.45, 2.75) is 59.5 Å². The SMILES string of the molecule is CCCOP(C)(=O)Cc1cc(C)c(Cc2ccc(O)c(C(C)C)c2)c(C)c1. The van der Waals surface area contributed by atoms with E-state index >= 15 is 0 Å². The monoisotopic (exact) mass is 388 g/mol. The molecule has 2 aromatic carbocycles. The zero-order valence-corrected chi connectivity index (χ0v) is 18.4. The molecule has 0 spiro atoms. The molecule has 148 valence electrons. The maximum Gasteiger partial charge on any atom is 0.204 e. The summed E-state index contributed by atoms with van der Waals surface area (Å²) < 4.78 is 18.2. The van der Waals surface area contributed by atoms with Gasteiger partial charge in [-0.25, -0.2) is 0 Å². The van der Waals surface area contributed by atoms with Gasteiger partial charge >= 0.3 is 0 Å². The van der Waals surface area contributed by atoms with Crippen molar-refractivity contribution in [1.82, 2.24) is 0 Å². The predicted molar refractivity (Wildman–Crippen MR) is 114 cm³/mol. The summed E-state index contributed by atoms with van der Waals surface area (Å²) in [6.07, 6.45) is 2.18. The third kappa shape index (κ3) is 5.96. The number of phenols is 1. The number of aryl methyl sites for hydroxylation is 2. The van der Waals surface area contributed by atoms with E-state index in [0.717, 1.165) is 24.0 Å². The van der Waals surface area contributed by atoms with Crippen molar-refractivity contribution < 1.29 is 14.2 Å². The van der Waals surface area contributed by atoms with Crippen molar-refractivity contribution in [3.8, 4) is 5.75 Å². The van der Waals surface area contributed by atoms with Crippen LogP contribution in [0.25, 0.3) is 0 Å². The second-order valence-corrected chi connectivity index (χ2v) is 10.5. The highest BCUT2D eigenvalue weighted by Crippen LogP contribution is 2.46. The van der Waals surface area contributed by atoms with Crippen LogP contribution in [0.1, 0.15) is 66.5 Å². The van der Waals surface area contributed by atoms with Gasteiger partial charge in [0.2, 0.25) is 7.37 Å². The Morgan fingerprint density at radius 2 is 1.70 bits per heavy atom. The third-order valence-corrected chi connectivity index (χ3v) is 6.56. The van der Waals surface area contributed by atoms with Crippen LogP contribution < -0.4 is 0 Å². The standard InChI is InChI=1S/C23H33O3P/c1-7-10-26-27(6,25)15-20-11-17(4)22(18(5)12-20)14-19-8-9-23(24)21(13-19)16(2)3/h8-9,11-13,16,24H,7,10,14-15H2,1-6H3. The fourth-order valence-electron chi connectivity index (χ4n) is 3.50. The van der Waals surface area contributed by atoms with Gasteiger partial charge in [0, 0.05) is 12.8 Å². The van der Waals surface area contributed by atoms with E-state index in [1.54, 1.807) is 12.7 Å². The van der Waals surface area contributed by atoms with E-state index in [-0.39, 0.29) is 5.92 Å². The molecule has 0 aromatic heterocycles. The molecule has 3 nitrogen and oxygen atoms in total. The van der Waals surface area contributed by atoms with Crippen molar-refractivity contribution in [2.24, 2.45) is 0 Å². The maximum absolute atomic E-state index is 12.6. The highest BCUT2D eigenvalue weighted by molar-refractivity contribution is 7.57. The Labute approximate surface area is 164 Å². The summed E-state index contributed by atoms with van der Waals surface area (Å²) in [7, 11) is -2.60. The molecule has 0 fully saturated rings. The first-order valence-electron chi connectivity index (χ1n) is 9.74. The fraction of sp³-hybridized carbons (Fsp3) is 0.478. The van der Waals surface area contributed by atoms with E-state index in [1.165, 1.54) is 22.3 Å². The lowest BCUT2D eigenvalue weighted by atomic mass is 9.92. The van der Waals surface area contributed by atoms with Gasteiger partial charge in [0.1, 0.15) is 5.75 Å². The van der Waals surface area contributed by atoms with Gasteiger partial charge in [-0.3, -0.25) is 4.57 Å². The molecule has 2 rings (SSSR count). The average molecular weight is 388 g/mol. The summed E-state index contributed by atoms with van der Waals surface area (Å²) in [5, 5.41) is 10.0. The molecule has 4 heteroatoms. The Balaban J connectivity index is 2.25. The van der Waals surface area contributed by atoms with E-state index in [0.29, 0.717) is 18.5 Å². The summed E-state index contributed by atoms with van der Waals surface area (Å²) in [6, 6.07) is 10.2. The van der Waals surface area contributed by atoms with Gasteiger partial charge in [-0.1, -0.05) is 45.0 Å². The molecular formula is C23H33O3P. The predicted octanol–water partition coefficient (Wildman–Crippen LogP) is 6.56. The normalized spacial score (nSPS) is 13.7. The first-order valence-corrected chi connectivity index (χ1v) is 12.0. The zero-order chi connectivity index (χ0) is 20.2. The van der Waals surface area contributed by atoms with Gasteiger partial charge in [0.15, 0.2) is 0 Å². The average Bonchev–Trinajstić information content (AvgIpc) is 2.57. The molecule has 0 aliphatic heterocycles. The highest BCUT2D eigenvalue weighted by atomic mass is 31.2. The molecule has 0 saturated carbocycles. The summed E-state index contributed by atoms with van der Waals surface area (Å²) in [5.41, 5.74) is 6.96. The molecule has 27 heavy (non-hydrogen) atoms. The Morgan fingerprint density at radius 1 is 1.07 bits per heavy atom. The van der Waals surface area contributed by atoms with E-state index < -0.39 is 7.37 Å². The van der Waals surface area contributed by atoms with E-state index in [2.05, 4.69) is 45.9 Å². The van der Waals surface area contributed by atoms with Gasteiger partial charge in [-0.15, -0.1) is 0 Å². The first-order chi connectivity index (χ1) is 12.6. The lowest BCUT2D eigenvalue weighted by molar-refractivity contribution is 0.316. The highest BCUT2D eigenvalue weighted by Gasteiger charge is 2.18. The number of aromatic hydroxyl groups is 1. The Morgan fingerprint density at radius 3 is 2.26 bits per heavy atom. The quantitative estimate of drug-likeness (QED) is 0.521. The number of hydrogen-bond acceptors (Lipinski definition) is 3. The maximum atomic E-state index is 12.6. The number of benzene rings is 2. The van der Waals surface area contributed by atoms with Crippen LogP contribution in [0, 0.1) is 13.8 Å². The van der Waals surface area contributed by atoms with Crippen molar-refractivity contribution in [1.29, 1.82) is 0 Å². The Hall–Kier alpha value is -1.57. The fourth-order valence-corrected chi connectivity index (χ4v) is 5.00. The molecule has 0 aliphatic rings. The molecule has 0 aliphatic carbocycles. The summed E-state index contributed by atoms with van der Waals surface area (Å²) in [4.78, 5) is 0. The van der Waals surface area contributed by atoms with E-state index in [4.69, 9.17) is 4.52 Å². The van der Waals surface area contributed by atoms with Gasteiger partial charge in [0.25, 0.3) is 0 Å². The van der Waals surface area contributed by atoms with Crippen LogP contribution in [-0.4, -0.2) is 18.4 Å². The summed E-state index contributed by atoms with van der Waals surface area (Å²) >= 11 is 0. The van der Waals surface area contributed by atoms with Crippen molar-refractivity contribution >= 4 is 7.37 Å². The smallest absolute Gasteiger partial charge is 0.204 e. The summed E-state index contributed by atoms with van der Waals surface area (Å²) in [5.74, 6) is 0.652. The lowest BCUT2D eigenvalue weighted by Gasteiger charge is -2.17. The van der Waals surface area contributed by atoms with Gasteiger partial charge in [0.05, 0.1) is 6.61 Å². The molecule has 0 heterocycles. The Bertz CT molecular complexity index is 817. The van der Waals surface area contributed by atoms with Gasteiger partial charge in [-0.2, -0.15) is 0 Å². The second-order valence-electron chi connectivity index (χ2n) is 7.94. The van der Waals surface area contributed by atoms with E-state index in [1.807, 2.05) is 13.0 Å². The number of rotatable bonds is 8. The first kappa shape index (κ1) is 21.7. The molecule has 0 saturated heterocycles. The molecule has 0 radical (unpaired) electrons. The molecule has 1 unspecified atom stereocenters. The molecular weight excluding hydrogens is 355 g/mol. The molecule has 0 bridgehead atoms. The minimum Gasteiger partial charge on any atom is -0.508 e. The summed E-state index contributed by atoms with van der Waals surface area (Å²) in [6.45, 7) is 12.7. The minimum atomic E-state index is -2.60.